The molecule has 6 nitrogen and oxygen atoms in total. The van der Waals surface area contributed by atoms with Crippen molar-refractivity contribution in [3.8, 4) is 0 Å². The summed E-state index contributed by atoms with van der Waals surface area (Å²) in [4.78, 5) is 42.9. The number of thiophene rings is 1. The van der Waals surface area contributed by atoms with Crippen LogP contribution in [0.3, 0.4) is 0 Å². The fraction of sp³-hybridized carbons (Fsp3) is 0.435. The van der Waals surface area contributed by atoms with Gasteiger partial charge < -0.3 is 4.74 Å². The summed E-state index contributed by atoms with van der Waals surface area (Å²) in [6, 6.07) is 10.8. The molecule has 0 bridgehead atoms. The molecule has 0 aliphatic carbocycles. The van der Waals surface area contributed by atoms with Crippen molar-refractivity contribution in [2.75, 3.05) is 23.5 Å². The lowest BCUT2D eigenvalue weighted by molar-refractivity contribution is -0.154. The molecule has 1 N–H and O–H groups in total. The summed E-state index contributed by atoms with van der Waals surface area (Å²) in [6.45, 7) is 3.92. The molecule has 4 rings (SSSR count). The molecule has 2 fully saturated rings. The van der Waals surface area contributed by atoms with Gasteiger partial charge in [0, 0.05) is 4.88 Å². The Morgan fingerprint density at radius 1 is 1.23 bits per heavy atom. The second-order valence-corrected chi connectivity index (χ2v) is 9.89. The molecule has 2 aliphatic heterocycles. The third-order valence-electron chi connectivity index (χ3n) is 6.14. The van der Waals surface area contributed by atoms with E-state index in [2.05, 4.69) is 5.32 Å². The summed E-state index contributed by atoms with van der Waals surface area (Å²) in [5.74, 6) is -1.85. The van der Waals surface area contributed by atoms with E-state index in [-0.39, 0.29) is 18.4 Å². The largest absolute Gasteiger partial charge is 0.465 e. The van der Waals surface area contributed by atoms with E-state index >= 15 is 0 Å². The number of amides is 2. The third kappa shape index (κ3) is 3.60. The lowest BCUT2D eigenvalue weighted by Crippen LogP contribution is -2.57. The van der Waals surface area contributed by atoms with Crippen molar-refractivity contribution in [3.63, 3.8) is 0 Å². The molecule has 0 saturated carbocycles. The molecule has 0 unspecified atom stereocenters. The number of imide groups is 1. The van der Waals surface area contributed by atoms with Gasteiger partial charge in [-0.1, -0.05) is 23.8 Å². The van der Waals surface area contributed by atoms with E-state index in [0.29, 0.717) is 17.9 Å². The number of fused-ring (bicyclic) bond motifs is 1. The van der Waals surface area contributed by atoms with Crippen molar-refractivity contribution in [1.29, 1.82) is 0 Å². The normalized spacial score (nSPS) is 27.6. The number of carbonyl (C=O) groups excluding carboxylic acids is 3. The molecule has 0 radical (unpaired) electrons. The molecule has 2 aromatic rings. The molecule has 4 atom stereocenters. The maximum atomic E-state index is 13.7. The average molecular weight is 459 g/mol. The maximum absolute atomic E-state index is 13.7. The van der Waals surface area contributed by atoms with E-state index in [0.717, 1.165) is 10.4 Å². The van der Waals surface area contributed by atoms with Gasteiger partial charge in [-0.05, 0) is 55.9 Å². The lowest BCUT2D eigenvalue weighted by Gasteiger charge is -2.32. The number of hydrogen-bond acceptors (Lipinski definition) is 7. The number of anilines is 1. The molecule has 2 aliphatic rings. The molecule has 2 amide bonds. The molecule has 0 spiro atoms. The second kappa shape index (κ2) is 8.76. The number of nitrogens with one attached hydrogen (secondary N) is 1. The number of esters is 1. The van der Waals surface area contributed by atoms with Crippen molar-refractivity contribution in [2.45, 2.75) is 31.8 Å². The predicted octanol–water partition coefficient (Wildman–Crippen LogP) is 3.56. The monoisotopic (exact) mass is 458 g/mol. The van der Waals surface area contributed by atoms with Gasteiger partial charge in [0.05, 0.1) is 30.2 Å². The standard InChI is InChI=1S/C23H26N2O4S2/c1-4-29-22(28)23(11-13-30-3)18-17(19(24-23)16-6-5-12-31-16)20(26)25(21(18)27)15-9-7-14(2)8-10-15/h5-10,12,17-19,24H,4,11,13H2,1-3H3/t17-,18-,19-,23-/m1/s1. The molecule has 1 aromatic heterocycles. The number of ether oxygens (including phenoxy) is 1. The second-order valence-electron chi connectivity index (χ2n) is 7.92. The van der Waals surface area contributed by atoms with Crippen LogP contribution in [0.2, 0.25) is 0 Å². The first kappa shape index (κ1) is 22.0. The Morgan fingerprint density at radius 3 is 2.58 bits per heavy atom. The van der Waals surface area contributed by atoms with Crippen molar-refractivity contribution < 1.29 is 19.1 Å². The summed E-state index contributed by atoms with van der Waals surface area (Å²) in [5, 5.41) is 5.37. The first-order chi connectivity index (χ1) is 14.9. The summed E-state index contributed by atoms with van der Waals surface area (Å²) >= 11 is 3.12. The van der Waals surface area contributed by atoms with E-state index < -0.39 is 29.4 Å². The number of thioether (sulfide) groups is 1. The Hall–Kier alpha value is -2.16. The predicted molar refractivity (Wildman–Crippen MR) is 123 cm³/mol. The number of aryl methyl sites for hydroxylation is 1. The number of hydrogen-bond donors (Lipinski definition) is 1. The van der Waals surface area contributed by atoms with Crippen LogP contribution in [-0.2, 0) is 19.1 Å². The van der Waals surface area contributed by atoms with Crippen molar-refractivity contribution >= 4 is 46.6 Å². The number of rotatable bonds is 7. The van der Waals surface area contributed by atoms with Crippen LogP contribution in [0, 0.1) is 18.8 Å². The quantitative estimate of drug-likeness (QED) is 0.505. The molecular formula is C23H26N2O4S2. The first-order valence-corrected chi connectivity index (χ1v) is 12.6. The van der Waals surface area contributed by atoms with Gasteiger partial charge in [-0.25, -0.2) is 4.90 Å². The van der Waals surface area contributed by atoms with E-state index in [1.165, 1.54) is 16.2 Å². The number of benzene rings is 1. The van der Waals surface area contributed by atoms with Gasteiger partial charge in [0.15, 0.2) is 0 Å². The van der Waals surface area contributed by atoms with E-state index in [4.69, 9.17) is 4.74 Å². The highest BCUT2D eigenvalue weighted by atomic mass is 32.2. The SMILES string of the molecule is CCOC(=O)[C@]1(CCSC)N[C@H](c2cccs2)[C@@H]2C(=O)N(c3ccc(C)cc3)C(=O)[C@@H]21. The molecule has 164 valence electrons. The van der Waals surface area contributed by atoms with Gasteiger partial charge in [-0.3, -0.25) is 19.7 Å². The minimum Gasteiger partial charge on any atom is -0.465 e. The van der Waals surface area contributed by atoms with Crippen LogP contribution < -0.4 is 10.2 Å². The zero-order chi connectivity index (χ0) is 22.2. The minimum absolute atomic E-state index is 0.215. The molecular weight excluding hydrogens is 432 g/mol. The summed E-state index contributed by atoms with van der Waals surface area (Å²) in [7, 11) is 0. The number of nitrogens with zero attached hydrogens (tertiary/aromatic N) is 1. The highest BCUT2D eigenvalue weighted by Crippen LogP contribution is 2.52. The fourth-order valence-corrected chi connectivity index (χ4v) is 6.06. The Morgan fingerprint density at radius 2 is 1.97 bits per heavy atom. The van der Waals surface area contributed by atoms with E-state index in [9.17, 15) is 14.4 Å². The van der Waals surface area contributed by atoms with Crippen LogP contribution in [0.25, 0.3) is 0 Å². The Kier molecular flexibility index (Phi) is 6.23. The first-order valence-electron chi connectivity index (χ1n) is 10.4. The molecule has 31 heavy (non-hydrogen) atoms. The van der Waals surface area contributed by atoms with Gasteiger partial charge in [0.2, 0.25) is 11.8 Å². The lowest BCUT2D eigenvalue weighted by atomic mass is 9.78. The summed E-state index contributed by atoms with van der Waals surface area (Å²) in [6.07, 6.45) is 2.37. The van der Waals surface area contributed by atoms with Crippen molar-refractivity contribution in [3.05, 3.63) is 52.2 Å². The van der Waals surface area contributed by atoms with Gasteiger partial charge in [0.1, 0.15) is 5.54 Å². The van der Waals surface area contributed by atoms with Gasteiger partial charge >= 0.3 is 5.97 Å². The zero-order valence-corrected chi connectivity index (χ0v) is 19.4. The van der Waals surface area contributed by atoms with Gasteiger partial charge in [-0.2, -0.15) is 11.8 Å². The third-order valence-corrected chi connectivity index (χ3v) is 7.70. The average Bonchev–Trinajstić information content (AvgIpc) is 3.45. The van der Waals surface area contributed by atoms with Crippen LogP contribution in [0.1, 0.15) is 29.8 Å². The fourth-order valence-electron chi connectivity index (χ4n) is 4.71. The Bertz CT molecular complexity index is 976. The molecule has 2 saturated heterocycles. The highest BCUT2D eigenvalue weighted by Gasteiger charge is 2.68. The smallest absolute Gasteiger partial charge is 0.327 e. The minimum atomic E-state index is -1.23. The van der Waals surface area contributed by atoms with Crippen molar-refractivity contribution in [2.24, 2.45) is 11.8 Å². The van der Waals surface area contributed by atoms with Crippen LogP contribution in [-0.4, -0.2) is 41.9 Å². The summed E-state index contributed by atoms with van der Waals surface area (Å²) < 4.78 is 5.45. The van der Waals surface area contributed by atoms with Crippen LogP contribution >= 0.6 is 23.1 Å². The van der Waals surface area contributed by atoms with E-state index in [1.807, 2.05) is 42.8 Å². The van der Waals surface area contributed by atoms with Gasteiger partial charge in [0.25, 0.3) is 0 Å². The topological polar surface area (TPSA) is 75.7 Å². The zero-order valence-electron chi connectivity index (χ0n) is 17.8. The van der Waals surface area contributed by atoms with Crippen LogP contribution in [0.15, 0.2) is 41.8 Å². The Labute approximate surface area is 190 Å². The van der Waals surface area contributed by atoms with Gasteiger partial charge in [-0.15, -0.1) is 11.3 Å². The molecule has 1 aromatic carbocycles. The van der Waals surface area contributed by atoms with Crippen LogP contribution in [0.4, 0.5) is 5.69 Å². The molecule has 8 heteroatoms. The summed E-state index contributed by atoms with van der Waals surface area (Å²) in [5.41, 5.74) is 0.356. The van der Waals surface area contributed by atoms with Crippen molar-refractivity contribution in [1.82, 2.24) is 5.32 Å². The number of carbonyl (C=O) groups is 3. The van der Waals surface area contributed by atoms with Crippen LogP contribution in [0.5, 0.6) is 0 Å². The maximum Gasteiger partial charge on any atom is 0.327 e. The Balaban J connectivity index is 1.83. The molecule has 3 heterocycles. The highest BCUT2D eigenvalue weighted by molar-refractivity contribution is 7.98. The van der Waals surface area contributed by atoms with E-state index in [1.54, 1.807) is 30.8 Å².